The third kappa shape index (κ3) is 6.68. The molecule has 0 saturated carbocycles. The van der Waals surface area contributed by atoms with Crippen LogP contribution in [0.5, 0.6) is 5.75 Å². The van der Waals surface area contributed by atoms with E-state index < -0.39 is 29.5 Å². The van der Waals surface area contributed by atoms with Gasteiger partial charge in [0, 0.05) is 24.9 Å². The number of rotatable bonds is 8. The molecule has 3 atom stereocenters. The third-order valence-electron chi connectivity index (χ3n) is 5.55. The molecule has 35 heavy (non-hydrogen) atoms. The molecular formula is C26H34N2O6S. The van der Waals surface area contributed by atoms with Gasteiger partial charge in [0.15, 0.2) is 12.3 Å². The molecule has 2 aromatic rings. The Bertz CT molecular complexity index is 1030. The van der Waals surface area contributed by atoms with Gasteiger partial charge in [0.2, 0.25) is 0 Å². The predicted molar refractivity (Wildman–Crippen MR) is 136 cm³/mol. The van der Waals surface area contributed by atoms with Crippen LogP contribution in [0.25, 0.3) is 0 Å². The number of nitrogens with zero attached hydrogens (tertiary/aromatic N) is 2. The Morgan fingerprint density at radius 1 is 1.14 bits per heavy atom. The van der Waals surface area contributed by atoms with Crippen molar-refractivity contribution in [3.63, 3.8) is 0 Å². The topological polar surface area (TPSA) is 88.5 Å². The smallest absolute Gasteiger partial charge is 0.338 e. The van der Waals surface area contributed by atoms with Gasteiger partial charge in [-0.25, -0.2) is 4.79 Å². The van der Waals surface area contributed by atoms with E-state index in [1.165, 1.54) is 18.7 Å². The van der Waals surface area contributed by atoms with Gasteiger partial charge in [0.25, 0.3) is 0 Å². The van der Waals surface area contributed by atoms with Crippen LogP contribution in [0.1, 0.15) is 41.9 Å². The number of hydrogen-bond acceptors (Lipinski definition) is 9. The minimum Gasteiger partial charge on any atom is -0.497 e. The molecule has 0 spiro atoms. The van der Waals surface area contributed by atoms with Crippen LogP contribution in [0, 0.1) is 0 Å². The average Bonchev–Trinajstić information content (AvgIpc) is 2.91. The van der Waals surface area contributed by atoms with Gasteiger partial charge in [0.1, 0.15) is 5.75 Å². The molecule has 190 valence electrons. The maximum Gasteiger partial charge on any atom is 0.338 e. The van der Waals surface area contributed by atoms with Gasteiger partial charge in [0.05, 0.1) is 29.7 Å². The molecule has 1 aliphatic heterocycles. The van der Waals surface area contributed by atoms with Crippen LogP contribution in [-0.4, -0.2) is 74.7 Å². The van der Waals surface area contributed by atoms with Gasteiger partial charge in [-0.05, 0) is 63.8 Å². The number of esters is 2. The molecule has 1 N–H and O–H groups in total. The number of aliphatic hydroxyl groups excluding tert-OH is 1. The Labute approximate surface area is 211 Å². The SMILES string of the molecule is COc1ccc(C2Sc3ccc(C(=O)OC(C)C)cc3N(CCN(C)C)C(O)C2OC(C)=O)cc1. The monoisotopic (exact) mass is 502 g/mol. The van der Waals surface area contributed by atoms with Crippen LogP contribution in [0.4, 0.5) is 5.69 Å². The first-order chi connectivity index (χ1) is 16.6. The van der Waals surface area contributed by atoms with Gasteiger partial charge in [-0.2, -0.15) is 0 Å². The standard InChI is InChI=1S/C26H34N2O6S/c1-16(2)33-26(31)19-9-12-22-21(15-19)28(14-13-27(4)5)25(30)23(34-17(3)29)24(35-22)18-7-10-20(32-6)11-8-18/h7-12,15-16,23-25,30H,13-14H2,1-6H3. The highest BCUT2D eigenvalue weighted by Gasteiger charge is 2.41. The first-order valence-electron chi connectivity index (χ1n) is 11.5. The van der Waals surface area contributed by atoms with E-state index in [-0.39, 0.29) is 6.10 Å². The van der Waals surface area contributed by atoms with E-state index in [2.05, 4.69) is 0 Å². The molecule has 0 aliphatic carbocycles. The molecule has 3 rings (SSSR count). The van der Waals surface area contributed by atoms with E-state index in [9.17, 15) is 14.7 Å². The first kappa shape index (κ1) is 26.8. The highest BCUT2D eigenvalue weighted by Crippen LogP contribution is 2.48. The fraction of sp³-hybridized carbons (Fsp3) is 0.462. The average molecular weight is 503 g/mol. The number of ether oxygens (including phenoxy) is 3. The zero-order valence-electron chi connectivity index (χ0n) is 21.1. The Morgan fingerprint density at radius 3 is 2.40 bits per heavy atom. The van der Waals surface area contributed by atoms with Crippen molar-refractivity contribution in [2.45, 2.75) is 49.4 Å². The number of aliphatic hydroxyl groups is 1. The number of thioether (sulfide) groups is 1. The van der Waals surface area contributed by atoms with Crippen molar-refractivity contribution < 1.29 is 28.9 Å². The molecule has 0 aromatic heterocycles. The van der Waals surface area contributed by atoms with Gasteiger partial charge in [-0.3, -0.25) is 4.79 Å². The van der Waals surface area contributed by atoms with E-state index in [4.69, 9.17) is 14.2 Å². The van der Waals surface area contributed by atoms with Crippen LogP contribution in [0.2, 0.25) is 0 Å². The third-order valence-corrected chi connectivity index (χ3v) is 6.94. The van der Waals surface area contributed by atoms with Crippen molar-refractivity contribution in [3.05, 3.63) is 53.6 Å². The number of benzene rings is 2. The molecule has 9 heteroatoms. The summed E-state index contributed by atoms with van der Waals surface area (Å²) in [6.45, 7) is 6.03. The largest absolute Gasteiger partial charge is 0.497 e. The Kier molecular flexibility index (Phi) is 9.04. The van der Waals surface area contributed by atoms with Crippen molar-refractivity contribution in [2.24, 2.45) is 0 Å². The number of fused-ring (bicyclic) bond motifs is 1. The van der Waals surface area contributed by atoms with Crippen molar-refractivity contribution >= 4 is 29.4 Å². The molecule has 2 aromatic carbocycles. The van der Waals surface area contributed by atoms with Crippen molar-refractivity contribution in [3.8, 4) is 5.75 Å². The van der Waals surface area contributed by atoms with E-state index in [0.717, 1.165) is 10.5 Å². The second-order valence-electron chi connectivity index (χ2n) is 8.93. The predicted octanol–water partition coefficient (Wildman–Crippen LogP) is 3.73. The number of carbonyl (C=O) groups is 2. The number of anilines is 1. The van der Waals surface area contributed by atoms with Crippen LogP contribution < -0.4 is 9.64 Å². The fourth-order valence-corrected chi connectivity index (χ4v) is 5.20. The normalized spacial score (nSPS) is 19.8. The Morgan fingerprint density at radius 2 is 1.83 bits per heavy atom. The molecule has 0 radical (unpaired) electrons. The summed E-state index contributed by atoms with van der Waals surface area (Å²) >= 11 is 1.49. The van der Waals surface area contributed by atoms with E-state index in [1.807, 2.05) is 49.3 Å². The van der Waals surface area contributed by atoms with Gasteiger partial charge in [-0.1, -0.05) is 12.1 Å². The number of methoxy groups -OCH3 is 1. The summed E-state index contributed by atoms with van der Waals surface area (Å²) in [6, 6.07) is 12.8. The molecule has 3 unspecified atom stereocenters. The van der Waals surface area contributed by atoms with Crippen molar-refractivity contribution in [1.82, 2.24) is 4.90 Å². The number of hydrogen-bond donors (Lipinski definition) is 1. The fourth-order valence-electron chi connectivity index (χ4n) is 3.86. The maximum absolute atomic E-state index is 12.6. The van der Waals surface area contributed by atoms with Gasteiger partial charge in [-0.15, -0.1) is 11.8 Å². The lowest BCUT2D eigenvalue weighted by molar-refractivity contribution is -0.152. The molecule has 1 heterocycles. The number of carbonyl (C=O) groups excluding carboxylic acids is 2. The van der Waals surface area contributed by atoms with Crippen LogP contribution in [0.15, 0.2) is 47.4 Å². The number of likely N-dealkylation sites (N-methyl/N-ethyl adjacent to an activating group) is 1. The zero-order chi connectivity index (χ0) is 25.7. The van der Waals surface area contributed by atoms with E-state index >= 15 is 0 Å². The zero-order valence-corrected chi connectivity index (χ0v) is 21.9. The highest BCUT2D eigenvalue weighted by molar-refractivity contribution is 7.99. The summed E-state index contributed by atoms with van der Waals surface area (Å²) < 4.78 is 16.4. The lowest BCUT2D eigenvalue weighted by Gasteiger charge is -2.35. The molecular weight excluding hydrogens is 468 g/mol. The van der Waals surface area contributed by atoms with Crippen molar-refractivity contribution in [2.75, 3.05) is 39.2 Å². The second kappa shape index (κ2) is 11.8. The first-order valence-corrected chi connectivity index (χ1v) is 12.4. The Hall–Kier alpha value is -2.75. The van der Waals surface area contributed by atoms with Gasteiger partial charge < -0.3 is 29.1 Å². The molecule has 0 saturated heterocycles. The van der Waals surface area contributed by atoms with E-state index in [1.54, 1.807) is 38.0 Å². The summed E-state index contributed by atoms with van der Waals surface area (Å²) in [6.07, 6.45) is -2.25. The maximum atomic E-state index is 12.6. The second-order valence-corrected chi connectivity index (χ2v) is 10.1. The summed E-state index contributed by atoms with van der Waals surface area (Å²) in [5, 5.41) is 11.2. The summed E-state index contributed by atoms with van der Waals surface area (Å²) in [7, 11) is 5.49. The molecule has 8 nitrogen and oxygen atoms in total. The summed E-state index contributed by atoms with van der Waals surface area (Å²) in [5.74, 6) is -0.200. The van der Waals surface area contributed by atoms with Crippen LogP contribution >= 0.6 is 11.8 Å². The van der Waals surface area contributed by atoms with Gasteiger partial charge >= 0.3 is 11.9 Å². The molecule has 1 aliphatic rings. The lowest BCUT2D eigenvalue weighted by atomic mass is 10.0. The minimum absolute atomic E-state index is 0.251. The van der Waals surface area contributed by atoms with Crippen molar-refractivity contribution in [1.29, 1.82) is 0 Å². The van der Waals surface area contributed by atoms with E-state index in [0.29, 0.717) is 30.1 Å². The Balaban J connectivity index is 2.11. The molecule has 0 amide bonds. The highest BCUT2D eigenvalue weighted by atomic mass is 32.2. The molecule has 0 fully saturated rings. The summed E-state index contributed by atoms with van der Waals surface area (Å²) in [5.41, 5.74) is 1.97. The van der Waals surface area contributed by atoms with Crippen LogP contribution in [0.3, 0.4) is 0 Å². The summed E-state index contributed by atoms with van der Waals surface area (Å²) in [4.78, 5) is 29.4. The lowest BCUT2D eigenvalue weighted by Crippen LogP contribution is -2.48. The minimum atomic E-state index is -1.14. The van der Waals surface area contributed by atoms with Crippen LogP contribution in [-0.2, 0) is 14.3 Å². The molecule has 0 bridgehead atoms. The quantitative estimate of drug-likeness (QED) is 0.543.